The molecule has 1 aromatic carbocycles. The first-order valence-electron chi connectivity index (χ1n) is 5.82. The quantitative estimate of drug-likeness (QED) is 0.845. The molecule has 1 amide bonds. The number of carbonyl (C=O) groups excluding carboxylic acids is 1. The first kappa shape index (κ1) is 12.2. The number of amides is 1. The van der Waals surface area contributed by atoms with Gasteiger partial charge in [0.1, 0.15) is 0 Å². The molecular weight excluding hydrogens is 230 g/mol. The molecule has 2 rings (SSSR count). The molecule has 2 N–H and O–H groups in total. The highest BCUT2D eigenvalue weighted by atomic mass is 16.5. The summed E-state index contributed by atoms with van der Waals surface area (Å²) in [6.45, 7) is 3.09. The predicted octanol–water partition coefficient (Wildman–Crippen LogP) is 2.04. The van der Waals surface area contributed by atoms with E-state index < -0.39 is 0 Å². The van der Waals surface area contributed by atoms with Crippen molar-refractivity contribution < 1.29 is 9.32 Å². The van der Waals surface area contributed by atoms with Crippen LogP contribution in [0.25, 0.3) is 0 Å². The number of aromatic nitrogens is 1. The van der Waals surface area contributed by atoms with Gasteiger partial charge in [-0.25, -0.2) is 0 Å². The summed E-state index contributed by atoms with van der Waals surface area (Å²) in [7, 11) is 0. The van der Waals surface area contributed by atoms with Crippen LogP contribution in [0.15, 0.2) is 41.1 Å². The molecular formula is C13H15N3O2. The van der Waals surface area contributed by atoms with Gasteiger partial charge in [-0.15, -0.1) is 0 Å². The summed E-state index contributed by atoms with van der Waals surface area (Å²) in [6.07, 6.45) is 1.55. The van der Waals surface area contributed by atoms with Crippen molar-refractivity contribution in [2.45, 2.75) is 13.5 Å². The molecule has 0 radical (unpaired) electrons. The molecule has 0 spiro atoms. The number of rotatable bonds is 5. The van der Waals surface area contributed by atoms with Crippen LogP contribution in [-0.2, 0) is 6.54 Å². The topological polar surface area (TPSA) is 67.2 Å². The predicted molar refractivity (Wildman–Crippen MR) is 68.3 cm³/mol. The van der Waals surface area contributed by atoms with E-state index in [9.17, 15) is 4.79 Å². The van der Waals surface area contributed by atoms with Gasteiger partial charge >= 0.3 is 0 Å². The second-order valence-corrected chi connectivity index (χ2v) is 3.74. The first-order valence-corrected chi connectivity index (χ1v) is 5.82. The fourth-order valence-corrected chi connectivity index (χ4v) is 1.62. The zero-order chi connectivity index (χ0) is 12.8. The van der Waals surface area contributed by atoms with Crippen molar-refractivity contribution in [1.29, 1.82) is 0 Å². The van der Waals surface area contributed by atoms with E-state index in [0.29, 0.717) is 17.9 Å². The second kappa shape index (κ2) is 5.86. The summed E-state index contributed by atoms with van der Waals surface area (Å²) < 4.78 is 4.92. The third-order valence-electron chi connectivity index (χ3n) is 2.45. The summed E-state index contributed by atoms with van der Waals surface area (Å²) in [4.78, 5) is 12.0. The third kappa shape index (κ3) is 2.88. The standard InChI is InChI=1S/C13H15N3O2/c1-2-14-12-6-4-3-5-11(12)13(17)15-9-10-7-8-16-18-10/h3-8,14H,2,9H2,1H3,(H,15,17). The maximum atomic E-state index is 12.0. The van der Waals surface area contributed by atoms with E-state index >= 15 is 0 Å². The van der Waals surface area contributed by atoms with Gasteiger partial charge < -0.3 is 15.2 Å². The summed E-state index contributed by atoms with van der Waals surface area (Å²) >= 11 is 0. The molecule has 0 aliphatic carbocycles. The van der Waals surface area contributed by atoms with Gasteiger partial charge in [-0.3, -0.25) is 4.79 Å². The number of nitrogens with zero attached hydrogens (tertiary/aromatic N) is 1. The largest absolute Gasteiger partial charge is 0.385 e. The molecule has 0 saturated carbocycles. The highest BCUT2D eigenvalue weighted by Gasteiger charge is 2.10. The van der Waals surface area contributed by atoms with Gasteiger partial charge in [-0.05, 0) is 19.1 Å². The van der Waals surface area contributed by atoms with Crippen molar-refractivity contribution in [1.82, 2.24) is 10.5 Å². The van der Waals surface area contributed by atoms with Crippen LogP contribution in [0.5, 0.6) is 0 Å². The normalized spacial score (nSPS) is 10.1. The molecule has 1 heterocycles. The zero-order valence-corrected chi connectivity index (χ0v) is 10.1. The minimum absolute atomic E-state index is 0.136. The molecule has 0 aliphatic heterocycles. The van der Waals surface area contributed by atoms with Crippen molar-refractivity contribution in [2.24, 2.45) is 0 Å². The van der Waals surface area contributed by atoms with E-state index in [2.05, 4.69) is 15.8 Å². The number of anilines is 1. The summed E-state index contributed by atoms with van der Waals surface area (Å²) in [5, 5.41) is 9.52. The van der Waals surface area contributed by atoms with Crippen molar-refractivity contribution in [3.05, 3.63) is 47.9 Å². The monoisotopic (exact) mass is 245 g/mol. The molecule has 5 nitrogen and oxygen atoms in total. The van der Waals surface area contributed by atoms with Crippen LogP contribution in [0, 0.1) is 0 Å². The Morgan fingerprint density at radius 3 is 2.89 bits per heavy atom. The first-order chi connectivity index (χ1) is 8.81. The summed E-state index contributed by atoms with van der Waals surface area (Å²) in [6, 6.07) is 9.12. The van der Waals surface area contributed by atoms with Crippen molar-refractivity contribution in [3.8, 4) is 0 Å². The van der Waals surface area contributed by atoms with E-state index in [1.165, 1.54) is 0 Å². The Labute approximate surface area is 105 Å². The highest BCUT2D eigenvalue weighted by Crippen LogP contribution is 2.14. The lowest BCUT2D eigenvalue weighted by molar-refractivity contribution is 0.0948. The van der Waals surface area contributed by atoms with Crippen molar-refractivity contribution in [2.75, 3.05) is 11.9 Å². The minimum atomic E-state index is -0.136. The molecule has 0 bridgehead atoms. The Balaban J connectivity index is 2.04. The van der Waals surface area contributed by atoms with Gasteiger partial charge in [0.25, 0.3) is 5.91 Å². The Morgan fingerprint density at radius 1 is 1.33 bits per heavy atom. The van der Waals surface area contributed by atoms with Gasteiger partial charge in [0.15, 0.2) is 5.76 Å². The molecule has 0 atom stereocenters. The summed E-state index contributed by atoms with van der Waals surface area (Å²) in [5.41, 5.74) is 1.45. The van der Waals surface area contributed by atoms with E-state index in [0.717, 1.165) is 12.2 Å². The maximum Gasteiger partial charge on any atom is 0.253 e. The lowest BCUT2D eigenvalue weighted by Crippen LogP contribution is -2.23. The van der Waals surface area contributed by atoms with Crippen LogP contribution in [0.1, 0.15) is 23.0 Å². The molecule has 0 aliphatic rings. The van der Waals surface area contributed by atoms with E-state index in [1.807, 2.05) is 25.1 Å². The van der Waals surface area contributed by atoms with Crippen LogP contribution in [0.4, 0.5) is 5.69 Å². The Bertz CT molecular complexity index is 509. The summed E-state index contributed by atoms with van der Waals surface area (Å²) in [5.74, 6) is 0.493. The molecule has 0 saturated heterocycles. The zero-order valence-electron chi connectivity index (χ0n) is 10.1. The van der Waals surface area contributed by atoms with Crippen LogP contribution in [0.2, 0.25) is 0 Å². The average Bonchev–Trinajstić information content (AvgIpc) is 2.90. The van der Waals surface area contributed by atoms with E-state index in [4.69, 9.17) is 4.52 Å². The molecule has 94 valence electrons. The van der Waals surface area contributed by atoms with Gasteiger partial charge in [0.05, 0.1) is 18.3 Å². The molecule has 0 fully saturated rings. The van der Waals surface area contributed by atoms with Crippen LogP contribution < -0.4 is 10.6 Å². The van der Waals surface area contributed by atoms with Gasteiger partial charge in [0.2, 0.25) is 0 Å². The maximum absolute atomic E-state index is 12.0. The SMILES string of the molecule is CCNc1ccccc1C(=O)NCc1ccno1. The fraction of sp³-hybridized carbons (Fsp3) is 0.231. The van der Waals surface area contributed by atoms with Crippen molar-refractivity contribution >= 4 is 11.6 Å². The lowest BCUT2D eigenvalue weighted by Gasteiger charge is -2.10. The van der Waals surface area contributed by atoms with Crippen molar-refractivity contribution in [3.63, 3.8) is 0 Å². The smallest absolute Gasteiger partial charge is 0.253 e. The number of para-hydroxylation sites is 1. The molecule has 2 aromatic rings. The number of hydrogen-bond donors (Lipinski definition) is 2. The molecule has 5 heteroatoms. The number of carbonyl (C=O) groups is 1. The second-order valence-electron chi connectivity index (χ2n) is 3.74. The fourth-order valence-electron chi connectivity index (χ4n) is 1.62. The lowest BCUT2D eigenvalue weighted by atomic mass is 10.1. The van der Waals surface area contributed by atoms with E-state index in [-0.39, 0.29) is 5.91 Å². The van der Waals surface area contributed by atoms with Gasteiger partial charge in [-0.1, -0.05) is 17.3 Å². The Morgan fingerprint density at radius 2 is 2.17 bits per heavy atom. The van der Waals surface area contributed by atoms with Crippen LogP contribution in [-0.4, -0.2) is 17.6 Å². The highest BCUT2D eigenvalue weighted by molar-refractivity contribution is 5.99. The number of nitrogens with one attached hydrogen (secondary N) is 2. The number of hydrogen-bond acceptors (Lipinski definition) is 4. The van der Waals surface area contributed by atoms with Crippen LogP contribution >= 0.6 is 0 Å². The Kier molecular flexibility index (Phi) is 3.96. The van der Waals surface area contributed by atoms with E-state index in [1.54, 1.807) is 18.3 Å². The molecule has 1 aromatic heterocycles. The molecule has 0 unspecified atom stereocenters. The third-order valence-corrected chi connectivity index (χ3v) is 2.45. The minimum Gasteiger partial charge on any atom is -0.385 e. The van der Waals surface area contributed by atoms with Gasteiger partial charge in [0, 0.05) is 18.3 Å². The Hall–Kier alpha value is -2.30. The van der Waals surface area contributed by atoms with Gasteiger partial charge in [-0.2, -0.15) is 0 Å². The number of benzene rings is 1. The molecule has 18 heavy (non-hydrogen) atoms. The van der Waals surface area contributed by atoms with Crippen LogP contribution in [0.3, 0.4) is 0 Å². The average molecular weight is 245 g/mol.